The highest BCUT2D eigenvalue weighted by Gasteiger charge is 2.69. The summed E-state index contributed by atoms with van der Waals surface area (Å²) in [6.45, 7) is -0.224. The summed E-state index contributed by atoms with van der Waals surface area (Å²) in [4.78, 5) is 58.9. The van der Waals surface area contributed by atoms with Crippen molar-refractivity contribution in [3.8, 4) is 11.5 Å². The van der Waals surface area contributed by atoms with Crippen molar-refractivity contribution in [1.29, 1.82) is 0 Å². The summed E-state index contributed by atoms with van der Waals surface area (Å²) in [5, 5.41) is 3.68. The number of thiazole rings is 1. The number of methoxy groups -OCH3 is 1. The van der Waals surface area contributed by atoms with E-state index in [1.165, 1.54) is 16.2 Å². The lowest BCUT2D eigenvalue weighted by atomic mass is 9.68. The Morgan fingerprint density at radius 3 is 2.38 bits per heavy atom. The van der Waals surface area contributed by atoms with Crippen LogP contribution in [0.25, 0.3) is 0 Å². The van der Waals surface area contributed by atoms with E-state index in [1.54, 1.807) is 55.3 Å². The number of nitrogens with zero attached hydrogens (tertiary/aromatic N) is 1. The minimum atomic E-state index is -0.426. The van der Waals surface area contributed by atoms with Gasteiger partial charge in [0.05, 0.1) is 29.7 Å². The Balaban J connectivity index is 1.12. The maximum absolute atomic E-state index is 14.1. The molecule has 3 heterocycles. The monoisotopic (exact) mass is 795 g/mol. The Morgan fingerprint density at radius 2 is 1.66 bits per heavy atom. The predicted molar refractivity (Wildman–Crippen MR) is 186 cm³/mol. The highest BCUT2D eigenvalue weighted by Crippen LogP contribution is 2.69. The molecule has 7 atom stereocenters. The molecule has 4 aliphatic rings. The molecule has 2 bridgehead atoms. The van der Waals surface area contributed by atoms with Gasteiger partial charge in [-0.15, -0.1) is 11.8 Å². The average Bonchev–Trinajstić information content (AvgIpc) is 3.80. The summed E-state index contributed by atoms with van der Waals surface area (Å²) in [6.07, 6.45) is 0.771. The Hall–Kier alpha value is -3.39. The van der Waals surface area contributed by atoms with Crippen LogP contribution in [0.2, 0.25) is 0 Å². The number of H-pyrrole nitrogens is 1. The number of carbonyl (C=O) groups is 3. The van der Waals surface area contributed by atoms with Gasteiger partial charge in [-0.3, -0.25) is 24.1 Å². The summed E-state index contributed by atoms with van der Waals surface area (Å²) in [7, 11) is 1.58. The lowest BCUT2D eigenvalue weighted by Crippen LogP contribution is -2.42. The molecule has 3 aromatic carbocycles. The third-order valence-electron chi connectivity index (χ3n) is 9.85. The zero-order chi connectivity index (χ0) is 32.6. The van der Waals surface area contributed by atoms with Crippen LogP contribution in [0.15, 0.2) is 85.5 Å². The Kier molecular flexibility index (Phi) is 7.85. The van der Waals surface area contributed by atoms with Gasteiger partial charge in [0, 0.05) is 36.2 Å². The number of hydrogen-bond acceptors (Lipinski definition) is 8. The molecule has 2 aliphatic heterocycles. The van der Waals surface area contributed by atoms with E-state index in [2.05, 4.69) is 42.2 Å². The second-order valence-corrected chi connectivity index (χ2v) is 16.2. The number of aromatic amines is 1. The molecule has 3 fully saturated rings. The number of halogens is 2. The van der Waals surface area contributed by atoms with Crippen molar-refractivity contribution in [2.24, 2.45) is 29.6 Å². The number of fused-ring (bicyclic) bond motifs is 9. The summed E-state index contributed by atoms with van der Waals surface area (Å²) in [5.41, 5.74) is 2.05. The smallest absolute Gasteiger partial charge is 0.305 e. The molecule has 2 aliphatic carbocycles. The van der Waals surface area contributed by atoms with Crippen molar-refractivity contribution in [3.05, 3.63) is 95.8 Å². The summed E-state index contributed by atoms with van der Waals surface area (Å²) < 4.78 is 13.1. The molecule has 3 amide bonds. The highest BCUT2D eigenvalue weighted by molar-refractivity contribution is 9.10. The largest absolute Gasteiger partial charge is 0.497 e. The standard InChI is InChI=1S/C34H27Br2N3O6S2/c1-44-19-9-5-17(6-10-19)37-24(40)14-45-23-11-4-16(36)12-20(23)25-26-21-13-22(29(26)46-31-30(25)47-34(43)38-31)28-27(21)32(41)39(33(28)42)18-7-2-15(35)3-8-18/h2-12,21-22,25-29H,13-14H2,1H3,(H,37,40)(H,38,43)/t21-,22-,25-,26?,27?,28?,29?/m1/s1. The van der Waals surface area contributed by atoms with Gasteiger partial charge in [-0.05, 0) is 90.9 Å². The van der Waals surface area contributed by atoms with E-state index in [0.29, 0.717) is 22.9 Å². The van der Waals surface area contributed by atoms with E-state index in [9.17, 15) is 19.2 Å². The normalized spacial score (nSPS) is 27.0. The first-order chi connectivity index (χ1) is 22.7. The number of hydrogen-bond donors (Lipinski definition) is 2. The molecule has 0 radical (unpaired) electrons. The number of carbonyl (C=O) groups excluding carboxylic acids is 3. The molecule has 13 heteroatoms. The van der Waals surface area contributed by atoms with E-state index in [-0.39, 0.29) is 58.1 Å². The van der Waals surface area contributed by atoms with Crippen molar-refractivity contribution in [1.82, 2.24) is 4.98 Å². The number of imide groups is 1. The second kappa shape index (κ2) is 11.9. The molecule has 1 saturated heterocycles. The molecule has 4 unspecified atom stereocenters. The molecule has 240 valence electrons. The Labute approximate surface area is 294 Å². The summed E-state index contributed by atoms with van der Waals surface area (Å²) in [6, 6.07) is 20.0. The van der Waals surface area contributed by atoms with Crippen LogP contribution in [0.3, 0.4) is 0 Å². The molecule has 9 nitrogen and oxygen atoms in total. The quantitative estimate of drug-likeness (QED) is 0.201. The van der Waals surface area contributed by atoms with Crippen molar-refractivity contribution in [3.63, 3.8) is 0 Å². The molecule has 1 aromatic heterocycles. The van der Waals surface area contributed by atoms with Gasteiger partial charge in [0.15, 0.2) is 6.61 Å². The minimum absolute atomic E-state index is 0.0113. The van der Waals surface area contributed by atoms with Crippen LogP contribution in [0.1, 0.15) is 22.8 Å². The van der Waals surface area contributed by atoms with Crippen LogP contribution in [0.4, 0.5) is 11.4 Å². The fourth-order valence-electron chi connectivity index (χ4n) is 8.12. The van der Waals surface area contributed by atoms with Crippen molar-refractivity contribution < 1.29 is 23.9 Å². The van der Waals surface area contributed by atoms with Gasteiger partial charge >= 0.3 is 4.87 Å². The maximum Gasteiger partial charge on any atom is 0.305 e. The van der Waals surface area contributed by atoms with Crippen LogP contribution in [0.5, 0.6) is 11.5 Å². The first kappa shape index (κ1) is 30.9. The maximum atomic E-state index is 14.1. The van der Waals surface area contributed by atoms with Gasteiger partial charge in [-0.25, -0.2) is 0 Å². The molecule has 4 aromatic rings. The zero-order valence-corrected chi connectivity index (χ0v) is 29.6. The predicted octanol–water partition coefficient (Wildman–Crippen LogP) is 6.67. The average molecular weight is 798 g/mol. The van der Waals surface area contributed by atoms with Crippen LogP contribution in [-0.4, -0.2) is 41.7 Å². The molecular formula is C34H27Br2N3O6S2. The van der Waals surface area contributed by atoms with Gasteiger partial charge in [0.2, 0.25) is 11.8 Å². The number of nitrogens with one attached hydrogen (secondary N) is 2. The van der Waals surface area contributed by atoms with E-state index in [0.717, 1.165) is 30.8 Å². The highest BCUT2D eigenvalue weighted by atomic mass is 79.9. The topological polar surface area (TPSA) is 118 Å². The van der Waals surface area contributed by atoms with Gasteiger partial charge in [0.25, 0.3) is 5.91 Å². The molecule has 2 saturated carbocycles. The van der Waals surface area contributed by atoms with Crippen LogP contribution < -0.4 is 24.6 Å². The van der Waals surface area contributed by atoms with E-state index in [1.807, 2.05) is 30.3 Å². The summed E-state index contributed by atoms with van der Waals surface area (Å²) in [5.74, 6) is -0.552. The number of rotatable bonds is 7. The number of amides is 3. The van der Waals surface area contributed by atoms with Gasteiger partial charge < -0.3 is 19.8 Å². The molecule has 0 spiro atoms. The van der Waals surface area contributed by atoms with Gasteiger partial charge in [-0.2, -0.15) is 0 Å². The lowest BCUT2D eigenvalue weighted by molar-refractivity contribution is -0.123. The number of aromatic nitrogens is 1. The fraction of sp³-hybridized carbons (Fsp3) is 0.294. The number of anilines is 2. The summed E-state index contributed by atoms with van der Waals surface area (Å²) >= 11 is 9.89. The van der Waals surface area contributed by atoms with Crippen LogP contribution in [0, 0.1) is 29.6 Å². The molecule has 2 N–H and O–H groups in total. The van der Waals surface area contributed by atoms with Crippen LogP contribution in [-0.2, 0) is 14.4 Å². The SMILES string of the molecule is COc1ccc(NC(=O)COc2ccc(Br)cc2[C@H]2c3sc(=O)[nH]c3SC3C2[C@H]2C[C@@H]3C3C(=O)N(c4ccc(Br)cc4)C(=O)C32)cc1. The lowest BCUT2D eigenvalue weighted by Gasteiger charge is -2.43. The Bertz CT molecular complexity index is 1980. The second-order valence-electron chi connectivity index (χ2n) is 12.2. The zero-order valence-electron chi connectivity index (χ0n) is 24.8. The van der Waals surface area contributed by atoms with Crippen molar-refractivity contribution >= 4 is 84.1 Å². The third kappa shape index (κ3) is 5.17. The first-order valence-electron chi connectivity index (χ1n) is 15.1. The number of thioether (sulfide) groups is 1. The molecular weight excluding hydrogens is 770 g/mol. The van der Waals surface area contributed by atoms with Gasteiger partial charge in [-0.1, -0.05) is 43.2 Å². The Morgan fingerprint density at radius 1 is 0.957 bits per heavy atom. The number of benzene rings is 3. The fourth-order valence-corrected chi connectivity index (χ4v) is 11.6. The van der Waals surface area contributed by atoms with Crippen LogP contribution >= 0.6 is 55.0 Å². The van der Waals surface area contributed by atoms with E-state index in [4.69, 9.17) is 9.47 Å². The van der Waals surface area contributed by atoms with Gasteiger partial charge in [0.1, 0.15) is 11.5 Å². The third-order valence-corrected chi connectivity index (χ3v) is 13.5. The molecule has 47 heavy (non-hydrogen) atoms. The first-order valence-corrected chi connectivity index (χ1v) is 18.4. The van der Waals surface area contributed by atoms with Crippen molar-refractivity contribution in [2.75, 3.05) is 23.9 Å². The number of ether oxygens (including phenoxy) is 2. The van der Waals surface area contributed by atoms with E-state index < -0.39 is 11.8 Å². The molecule has 8 rings (SSSR count). The van der Waals surface area contributed by atoms with E-state index >= 15 is 0 Å². The minimum Gasteiger partial charge on any atom is -0.497 e. The van der Waals surface area contributed by atoms with Crippen molar-refractivity contribution in [2.45, 2.75) is 22.6 Å².